The van der Waals surface area contributed by atoms with E-state index in [1.54, 1.807) is 24.3 Å². The minimum absolute atomic E-state index is 0.401. The SMILES string of the molecule is O=C(NCC1CC2C=CC1C2)NS(=O)(=O)/C=C/c1ccc(Cl)cc1. The van der Waals surface area contributed by atoms with Gasteiger partial charge in [-0.15, -0.1) is 0 Å². The molecule has 2 bridgehead atoms. The van der Waals surface area contributed by atoms with Gasteiger partial charge in [-0.25, -0.2) is 17.9 Å². The van der Waals surface area contributed by atoms with Gasteiger partial charge >= 0.3 is 6.03 Å². The van der Waals surface area contributed by atoms with Crippen molar-refractivity contribution in [3.8, 4) is 0 Å². The summed E-state index contributed by atoms with van der Waals surface area (Å²) in [6, 6.07) is 6.02. The van der Waals surface area contributed by atoms with Crippen molar-refractivity contribution in [3.63, 3.8) is 0 Å². The van der Waals surface area contributed by atoms with E-state index in [-0.39, 0.29) is 0 Å². The van der Waals surface area contributed by atoms with Crippen LogP contribution in [-0.2, 0) is 10.0 Å². The van der Waals surface area contributed by atoms with Gasteiger partial charge in [-0.1, -0.05) is 35.9 Å². The topological polar surface area (TPSA) is 75.3 Å². The third-order valence-electron chi connectivity index (χ3n) is 4.49. The Kier molecular flexibility index (Phi) is 4.96. The minimum Gasteiger partial charge on any atom is -0.337 e. The second kappa shape index (κ2) is 6.99. The molecule has 2 aliphatic carbocycles. The maximum absolute atomic E-state index is 11.9. The van der Waals surface area contributed by atoms with Crippen molar-refractivity contribution in [2.24, 2.45) is 17.8 Å². The molecule has 1 saturated carbocycles. The van der Waals surface area contributed by atoms with Crippen molar-refractivity contribution in [2.45, 2.75) is 12.8 Å². The second-order valence-electron chi connectivity index (χ2n) is 6.25. The number of allylic oxidation sites excluding steroid dienone is 2. The van der Waals surface area contributed by atoms with Crippen molar-refractivity contribution in [3.05, 3.63) is 52.4 Å². The summed E-state index contributed by atoms with van der Waals surface area (Å²) in [5, 5.41) is 4.20. The molecular formula is C17H19ClN2O3S. The number of benzene rings is 1. The number of nitrogens with one attached hydrogen (secondary N) is 2. The number of urea groups is 1. The van der Waals surface area contributed by atoms with Crippen molar-refractivity contribution in [2.75, 3.05) is 6.54 Å². The molecule has 2 N–H and O–H groups in total. The quantitative estimate of drug-likeness (QED) is 0.786. The van der Waals surface area contributed by atoms with E-state index < -0.39 is 16.1 Å². The lowest BCUT2D eigenvalue weighted by atomic mass is 9.94. The number of halogens is 1. The van der Waals surface area contributed by atoms with Crippen molar-refractivity contribution in [1.82, 2.24) is 10.0 Å². The smallest absolute Gasteiger partial charge is 0.328 e. The Balaban J connectivity index is 1.49. The van der Waals surface area contributed by atoms with E-state index in [1.165, 1.54) is 6.08 Å². The second-order valence-corrected chi connectivity index (χ2v) is 8.25. The Morgan fingerprint density at radius 1 is 1.21 bits per heavy atom. The first-order chi connectivity index (χ1) is 11.4. The highest BCUT2D eigenvalue weighted by molar-refractivity contribution is 7.93. The molecule has 3 atom stereocenters. The largest absolute Gasteiger partial charge is 0.337 e. The summed E-state index contributed by atoms with van der Waals surface area (Å²) in [6.07, 6.45) is 8.05. The average molecular weight is 367 g/mol. The third-order valence-corrected chi connectivity index (χ3v) is 5.70. The molecule has 1 aromatic carbocycles. The summed E-state index contributed by atoms with van der Waals surface area (Å²) in [6.45, 7) is 0.494. The zero-order valence-electron chi connectivity index (χ0n) is 13.0. The Morgan fingerprint density at radius 2 is 1.96 bits per heavy atom. The van der Waals surface area contributed by atoms with Crippen LogP contribution in [0.5, 0.6) is 0 Å². The van der Waals surface area contributed by atoms with Crippen LogP contribution in [0.3, 0.4) is 0 Å². The van der Waals surface area contributed by atoms with Crippen molar-refractivity contribution >= 4 is 33.7 Å². The van der Waals surface area contributed by atoms with E-state index in [2.05, 4.69) is 17.5 Å². The molecule has 2 aliphatic rings. The number of amides is 2. The monoisotopic (exact) mass is 366 g/mol. The Hall–Kier alpha value is -1.79. The number of rotatable bonds is 5. The van der Waals surface area contributed by atoms with Crippen LogP contribution >= 0.6 is 11.6 Å². The average Bonchev–Trinajstić information content (AvgIpc) is 3.15. The number of sulfonamides is 1. The Morgan fingerprint density at radius 3 is 2.58 bits per heavy atom. The first kappa shape index (κ1) is 17.0. The molecule has 3 rings (SSSR count). The van der Waals surface area contributed by atoms with Gasteiger partial charge in [0.15, 0.2) is 0 Å². The van der Waals surface area contributed by atoms with E-state index in [9.17, 15) is 13.2 Å². The first-order valence-corrected chi connectivity index (χ1v) is 9.76. The van der Waals surface area contributed by atoms with Crippen LogP contribution in [0.1, 0.15) is 18.4 Å². The summed E-state index contributed by atoms with van der Waals surface area (Å²) in [7, 11) is -3.83. The molecule has 1 fully saturated rings. The molecule has 7 heteroatoms. The Bertz CT molecular complexity index is 772. The summed E-state index contributed by atoms with van der Waals surface area (Å²) in [5.41, 5.74) is 0.680. The minimum atomic E-state index is -3.83. The van der Waals surface area contributed by atoms with Crippen molar-refractivity contribution in [1.29, 1.82) is 0 Å². The maximum atomic E-state index is 11.9. The maximum Gasteiger partial charge on any atom is 0.328 e. The van der Waals surface area contributed by atoms with Gasteiger partial charge in [0.1, 0.15) is 0 Å². The molecule has 0 heterocycles. The lowest BCUT2D eigenvalue weighted by molar-refractivity contribution is 0.243. The van der Waals surface area contributed by atoms with Crippen molar-refractivity contribution < 1.29 is 13.2 Å². The van der Waals surface area contributed by atoms with Gasteiger partial charge in [0.2, 0.25) is 0 Å². The summed E-state index contributed by atoms with van der Waals surface area (Å²) < 4.78 is 25.8. The lowest BCUT2D eigenvalue weighted by Gasteiger charge is -2.18. The highest BCUT2D eigenvalue weighted by atomic mass is 35.5. The van der Waals surface area contributed by atoms with Gasteiger partial charge in [-0.2, -0.15) is 0 Å². The molecule has 0 radical (unpaired) electrons. The summed E-state index contributed by atoms with van der Waals surface area (Å²) in [5.74, 6) is 1.53. The summed E-state index contributed by atoms with van der Waals surface area (Å²) >= 11 is 5.77. The third kappa shape index (κ3) is 4.39. The fourth-order valence-corrected chi connectivity index (χ4v) is 4.16. The highest BCUT2D eigenvalue weighted by Crippen LogP contribution is 2.42. The fourth-order valence-electron chi connectivity index (χ4n) is 3.29. The van der Waals surface area contributed by atoms with Crippen LogP contribution < -0.4 is 10.0 Å². The number of hydrogen-bond donors (Lipinski definition) is 2. The van der Waals surface area contributed by atoms with Crippen LogP contribution in [0.15, 0.2) is 41.8 Å². The van der Waals surface area contributed by atoms with E-state index in [1.807, 2.05) is 4.72 Å². The predicted octanol–water partition coefficient (Wildman–Crippen LogP) is 3.15. The molecule has 0 aromatic heterocycles. The molecule has 128 valence electrons. The normalized spacial score (nSPS) is 25.3. The zero-order chi connectivity index (χ0) is 17.2. The van der Waals surface area contributed by atoms with Gasteiger partial charge in [-0.05, 0) is 54.4 Å². The van der Waals surface area contributed by atoms with Gasteiger partial charge in [0.25, 0.3) is 10.0 Å². The first-order valence-electron chi connectivity index (χ1n) is 7.84. The van der Waals surface area contributed by atoms with Crippen LogP contribution in [0, 0.1) is 17.8 Å². The lowest BCUT2D eigenvalue weighted by Crippen LogP contribution is -2.41. The standard InChI is InChI=1S/C17H19ClN2O3S/c18-16-5-2-12(3-6-16)7-8-24(22,23)20-17(21)19-11-15-10-13-1-4-14(15)9-13/h1-8,13-15H,9-11H2,(H2,19,20,21)/b8-7+. The van der Waals surface area contributed by atoms with E-state index >= 15 is 0 Å². The van der Waals surface area contributed by atoms with E-state index in [0.717, 1.165) is 18.2 Å². The van der Waals surface area contributed by atoms with Crippen LogP contribution in [-0.4, -0.2) is 21.0 Å². The van der Waals surface area contributed by atoms with Gasteiger partial charge in [0.05, 0.1) is 5.41 Å². The molecule has 5 nitrogen and oxygen atoms in total. The Labute approximate surface area is 146 Å². The van der Waals surface area contributed by atoms with Gasteiger partial charge in [0, 0.05) is 11.6 Å². The zero-order valence-corrected chi connectivity index (χ0v) is 14.6. The molecule has 24 heavy (non-hydrogen) atoms. The van der Waals surface area contributed by atoms with Gasteiger partial charge in [-0.3, -0.25) is 0 Å². The molecule has 0 spiro atoms. The molecular weight excluding hydrogens is 348 g/mol. The molecule has 0 aliphatic heterocycles. The number of fused-ring (bicyclic) bond motifs is 2. The number of carbonyl (C=O) groups excluding carboxylic acids is 1. The molecule has 2 amide bonds. The van der Waals surface area contributed by atoms with Crippen LogP contribution in [0.25, 0.3) is 6.08 Å². The highest BCUT2D eigenvalue weighted by Gasteiger charge is 2.35. The van der Waals surface area contributed by atoms with Gasteiger partial charge < -0.3 is 5.32 Å². The fraction of sp³-hybridized carbons (Fsp3) is 0.353. The predicted molar refractivity (Wildman–Crippen MR) is 94.8 cm³/mol. The van der Waals surface area contributed by atoms with Crippen LogP contribution in [0.4, 0.5) is 4.79 Å². The molecule has 1 aromatic rings. The number of carbonyl (C=O) groups is 1. The number of hydrogen-bond acceptors (Lipinski definition) is 3. The van der Waals surface area contributed by atoms with E-state index in [4.69, 9.17) is 11.6 Å². The summed E-state index contributed by atoms with van der Waals surface area (Å²) in [4.78, 5) is 11.8. The molecule has 0 saturated heterocycles. The molecule has 3 unspecified atom stereocenters. The van der Waals surface area contributed by atoms with E-state index in [0.29, 0.717) is 34.9 Å². The van der Waals surface area contributed by atoms with Crippen LogP contribution in [0.2, 0.25) is 5.02 Å².